The number of hydrogen-bond acceptors (Lipinski definition) is 6. The normalized spacial score (nSPS) is 15.3. The first-order valence-electron chi connectivity index (χ1n) is 8.68. The second kappa shape index (κ2) is 7.50. The second-order valence-electron chi connectivity index (χ2n) is 6.42. The van der Waals surface area contributed by atoms with Crippen molar-refractivity contribution >= 4 is 5.82 Å². The largest absolute Gasteiger partial charge is 0.443 e. The van der Waals surface area contributed by atoms with Crippen molar-refractivity contribution in [1.29, 1.82) is 5.26 Å². The molecule has 1 aromatic heterocycles. The Morgan fingerprint density at radius 2 is 2.11 bits per heavy atom. The summed E-state index contributed by atoms with van der Waals surface area (Å²) in [7, 11) is 0. The fraction of sp³-hybridized carbons (Fsp3) is 0.200. The van der Waals surface area contributed by atoms with E-state index in [9.17, 15) is 10.1 Å². The molecule has 4 rings (SSSR count). The molecule has 0 bridgehead atoms. The van der Waals surface area contributed by atoms with E-state index in [2.05, 4.69) is 11.1 Å². The third-order valence-corrected chi connectivity index (χ3v) is 4.47. The van der Waals surface area contributed by atoms with Crippen LogP contribution >= 0.6 is 0 Å². The molecule has 0 saturated carbocycles. The Hall–Kier alpha value is -3.70. The van der Waals surface area contributed by atoms with E-state index in [-0.39, 0.29) is 17.9 Å². The minimum Gasteiger partial charge on any atom is -0.443 e. The van der Waals surface area contributed by atoms with Gasteiger partial charge in [0.2, 0.25) is 0 Å². The lowest BCUT2D eigenvalue weighted by atomic mass is 10.0. The quantitative estimate of drug-likeness (QED) is 0.500. The maximum atomic E-state index is 10.8. The molecule has 2 heterocycles. The number of nitrogens with zero attached hydrogens (tertiary/aromatic N) is 4. The Labute approximate surface area is 160 Å². The molecule has 0 radical (unpaired) electrons. The van der Waals surface area contributed by atoms with Crippen molar-refractivity contribution in [2.24, 2.45) is 0 Å². The first-order valence-corrected chi connectivity index (χ1v) is 8.68. The molecule has 8 heteroatoms. The van der Waals surface area contributed by atoms with Gasteiger partial charge in [0.25, 0.3) is 0 Å². The van der Waals surface area contributed by atoms with Crippen LogP contribution in [0.25, 0.3) is 11.1 Å². The van der Waals surface area contributed by atoms with Crippen LogP contribution in [0.2, 0.25) is 0 Å². The average Bonchev–Trinajstić information content (AvgIpc) is 3.16. The van der Waals surface area contributed by atoms with E-state index < -0.39 is 4.92 Å². The molecule has 2 aromatic carbocycles. The van der Waals surface area contributed by atoms with Crippen molar-refractivity contribution in [2.75, 3.05) is 6.61 Å². The van der Waals surface area contributed by atoms with Crippen LogP contribution in [0.1, 0.15) is 11.1 Å². The number of rotatable bonds is 5. The highest BCUT2D eigenvalue weighted by Gasteiger charge is 2.28. The van der Waals surface area contributed by atoms with Gasteiger partial charge in [-0.05, 0) is 39.8 Å². The van der Waals surface area contributed by atoms with Crippen LogP contribution in [0.5, 0.6) is 6.01 Å². The van der Waals surface area contributed by atoms with Gasteiger partial charge >= 0.3 is 11.8 Å². The highest BCUT2D eigenvalue weighted by molar-refractivity contribution is 5.64. The standard InChI is InChI=1S/C20H16N4O4/c21-9-14-4-6-16(7-5-14)17-3-1-2-15(8-17)12-27-18-10-23-11-19(24(25)26)22-20(23)28-13-18/h1-8,11,18H,10,12-13H2/t18-/m0/s1. The third-order valence-electron chi connectivity index (χ3n) is 4.47. The van der Waals surface area contributed by atoms with Crippen LogP contribution in [0.3, 0.4) is 0 Å². The van der Waals surface area contributed by atoms with E-state index in [1.807, 2.05) is 36.4 Å². The zero-order chi connectivity index (χ0) is 19.5. The van der Waals surface area contributed by atoms with E-state index in [0.717, 1.165) is 16.7 Å². The molecule has 8 nitrogen and oxygen atoms in total. The Kier molecular flexibility index (Phi) is 4.74. The topological polar surface area (TPSA) is 103 Å². The molecular weight excluding hydrogens is 360 g/mol. The molecule has 0 fully saturated rings. The van der Waals surface area contributed by atoms with Crippen LogP contribution in [0.4, 0.5) is 5.82 Å². The summed E-state index contributed by atoms with van der Waals surface area (Å²) in [5.41, 5.74) is 3.69. The van der Waals surface area contributed by atoms with Crippen molar-refractivity contribution < 1.29 is 14.4 Å². The molecule has 1 aliphatic heterocycles. The van der Waals surface area contributed by atoms with Gasteiger partial charge in [0.05, 0.1) is 24.8 Å². The molecule has 140 valence electrons. The maximum Gasteiger partial charge on any atom is 0.414 e. The second-order valence-corrected chi connectivity index (χ2v) is 6.42. The van der Waals surface area contributed by atoms with Gasteiger partial charge in [-0.1, -0.05) is 30.3 Å². The Morgan fingerprint density at radius 3 is 2.86 bits per heavy atom. The number of benzene rings is 2. The van der Waals surface area contributed by atoms with Crippen LogP contribution in [-0.2, 0) is 17.9 Å². The first-order chi connectivity index (χ1) is 13.6. The van der Waals surface area contributed by atoms with Crippen LogP contribution in [0.15, 0.2) is 54.7 Å². The summed E-state index contributed by atoms with van der Waals surface area (Å²) in [4.78, 5) is 14.1. The molecule has 0 spiro atoms. The van der Waals surface area contributed by atoms with Crippen molar-refractivity contribution in [3.8, 4) is 23.2 Å². The maximum absolute atomic E-state index is 10.8. The summed E-state index contributed by atoms with van der Waals surface area (Å²) >= 11 is 0. The van der Waals surface area contributed by atoms with Gasteiger partial charge in [0.15, 0.2) is 0 Å². The summed E-state index contributed by atoms with van der Waals surface area (Å²) < 4.78 is 13.0. The summed E-state index contributed by atoms with van der Waals surface area (Å²) in [6, 6.07) is 17.8. The highest BCUT2D eigenvalue weighted by Crippen LogP contribution is 2.24. The van der Waals surface area contributed by atoms with Gasteiger partial charge in [-0.3, -0.25) is 4.57 Å². The lowest BCUT2D eigenvalue weighted by Crippen LogP contribution is -2.32. The molecule has 1 aliphatic rings. The molecule has 0 amide bonds. The lowest BCUT2D eigenvalue weighted by molar-refractivity contribution is -0.389. The van der Waals surface area contributed by atoms with E-state index >= 15 is 0 Å². The van der Waals surface area contributed by atoms with E-state index in [4.69, 9.17) is 14.7 Å². The van der Waals surface area contributed by atoms with Gasteiger partial charge in [-0.25, -0.2) is 0 Å². The molecular formula is C20H16N4O4. The third kappa shape index (κ3) is 3.70. The van der Waals surface area contributed by atoms with E-state index in [1.54, 1.807) is 16.7 Å². The zero-order valence-electron chi connectivity index (χ0n) is 14.8. The van der Waals surface area contributed by atoms with Gasteiger partial charge in [-0.2, -0.15) is 5.26 Å². The Bertz CT molecular complexity index is 1050. The number of fused-ring (bicyclic) bond motifs is 1. The predicted octanol–water partition coefficient (Wildman–Crippen LogP) is 3.31. The van der Waals surface area contributed by atoms with Gasteiger partial charge in [0.1, 0.15) is 18.9 Å². The predicted molar refractivity (Wildman–Crippen MR) is 99.5 cm³/mol. The van der Waals surface area contributed by atoms with Crippen molar-refractivity contribution in [3.63, 3.8) is 0 Å². The van der Waals surface area contributed by atoms with Gasteiger partial charge in [0, 0.05) is 4.98 Å². The fourth-order valence-corrected chi connectivity index (χ4v) is 3.05. The molecule has 28 heavy (non-hydrogen) atoms. The molecule has 3 aromatic rings. The summed E-state index contributed by atoms with van der Waals surface area (Å²) in [6.07, 6.45) is 1.14. The van der Waals surface area contributed by atoms with Crippen molar-refractivity contribution in [1.82, 2.24) is 9.55 Å². The smallest absolute Gasteiger partial charge is 0.414 e. The molecule has 0 N–H and O–H groups in total. The van der Waals surface area contributed by atoms with Gasteiger partial charge < -0.3 is 19.6 Å². The summed E-state index contributed by atoms with van der Waals surface area (Å²) in [5, 5.41) is 19.7. The number of ether oxygens (including phenoxy) is 2. The average molecular weight is 376 g/mol. The summed E-state index contributed by atoms with van der Waals surface area (Å²) in [5.74, 6) is -0.231. The monoisotopic (exact) mass is 376 g/mol. The molecule has 0 aliphatic carbocycles. The molecule has 0 saturated heterocycles. The minimum atomic E-state index is -0.542. The van der Waals surface area contributed by atoms with E-state index in [1.165, 1.54) is 6.20 Å². The minimum absolute atomic E-state index is 0.222. The van der Waals surface area contributed by atoms with E-state index in [0.29, 0.717) is 25.3 Å². The number of hydrogen-bond donors (Lipinski definition) is 0. The number of nitro groups is 1. The van der Waals surface area contributed by atoms with Crippen molar-refractivity contribution in [3.05, 3.63) is 76.0 Å². The number of imidazole rings is 1. The van der Waals surface area contributed by atoms with Gasteiger partial charge in [-0.15, -0.1) is 0 Å². The molecule has 1 atom stereocenters. The number of nitriles is 1. The van der Waals surface area contributed by atoms with Crippen LogP contribution in [0, 0.1) is 21.4 Å². The van der Waals surface area contributed by atoms with Crippen molar-refractivity contribution in [2.45, 2.75) is 19.3 Å². The van der Waals surface area contributed by atoms with Crippen LogP contribution < -0.4 is 4.74 Å². The Morgan fingerprint density at radius 1 is 1.29 bits per heavy atom. The lowest BCUT2D eigenvalue weighted by Gasteiger charge is -2.22. The Balaban J connectivity index is 1.41. The first kappa shape index (κ1) is 17.7. The van der Waals surface area contributed by atoms with Crippen LogP contribution in [-0.4, -0.2) is 27.2 Å². The highest BCUT2D eigenvalue weighted by atomic mass is 16.6. The fourth-order valence-electron chi connectivity index (χ4n) is 3.05. The molecule has 0 unspecified atom stereocenters. The zero-order valence-corrected chi connectivity index (χ0v) is 14.8. The summed E-state index contributed by atoms with van der Waals surface area (Å²) in [6.45, 7) is 1.14. The number of aromatic nitrogens is 2. The SMILES string of the molecule is N#Cc1ccc(-c2cccc(CO[C@@H]3COc4nc([N+](=O)[O-])cn4C3)c2)cc1.